The van der Waals surface area contributed by atoms with E-state index in [1.165, 1.54) is 0 Å². The standard InChI is InChI=1S/C27H36NO4.BrH/c1-28(18-10-20-31-24-15-6-3-7-16-24)19-17-25(21-28)32-26(29)27(30,23-13-8-9-14-23)22-11-4-2-5-12-22;/h2-7,11-12,15-16,23,25,30H,8-10,13-14,17-21H2,1H3;1H/q+1;/p-1/t25-,27+,28?;/m0./s1. The minimum absolute atomic E-state index is 0. The van der Waals surface area contributed by atoms with Crippen LogP contribution in [0.2, 0.25) is 0 Å². The van der Waals surface area contributed by atoms with Gasteiger partial charge in [0.15, 0.2) is 11.7 Å². The Labute approximate surface area is 208 Å². The number of esters is 1. The van der Waals surface area contributed by atoms with Gasteiger partial charge in [0.2, 0.25) is 0 Å². The number of benzene rings is 2. The number of likely N-dealkylation sites (tertiary alicyclic amines) is 1. The van der Waals surface area contributed by atoms with E-state index in [2.05, 4.69) is 7.05 Å². The number of hydrogen-bond acceptors (Lipinski definition) is 4. The second-order valence-corrected chi connectivity index (χ2v) is 9.69. The molecule has 0 amide bonds. The number of hydrogen-bond donors (Lipinski definition) is 1. The van der Waals surface area contributed by atoms with Gasteiger partial charge in [-0.15, -0.1) is 0 Å². The van der Waals surface area contributed by atoms with Crippen molar-refractivity contribution in [2.75, 3.05) is 33.3 Å². The maximum atomic E-state index is 13.3. The number of ether oxygens (including phenoxy) is 2. The van der Waals surface area contributed by atoms with E-state index in [4.69, 9.17) is 9.47 Å². The summed E-state index contributed by atoms with van der Waals surface area (Å²) in [6, 6.07) is 19.2. The van der Waals surface area contributed by atoms with Crippen molar-refractivity contribution in [3.8, 4) is 5.75 Å². The second kappa shape index (κ2) is 11.5. The number of rotatable bonds is 9. The van der Waals surface area contributed by atoms with Crippen molar-refractivity contribution in [2.45, 2.75) is 50.2 Å². The molecule has 0 spiro atoms. The lowest BCUT2D eigenvalue weighted by Crippen LogP contribution is -3.00. The molecular weight excluding hydrogens is 482 g/mol. The summed E-state index contributed by atoms with van der Waals surface area (Å²) in [5.74, 6) is 0.353. The van der Waals surface area contributed by atoms with Gasteiger partial charge in [-0.2, -0.15) is 0 Å². The van der Waals surface area contributed by atoms with E-state index in [1.807, 2.05) is 60.7 Å². The highest BCUT2D eigenvalue weighted by atomic mass is 79.9. The lowest BCUT2D eigenvalue weighted by molar-refractivity contribution is -0.899. The number of para-hydroxylation sites is 1. The van der Waals surface area contributed by atoms with E-state index in [0.29, 0.717) is 12.2 Å². The van der Waals surface area contributed by atoms with Crippen molar-refractivity contribution in [3.63, 3.8) is 0 Å². The molecule has 1 aliphatic carbocycles. The summed E-state index contributed by atoms with van der Waals surface area (Å²) in [5.41, 5.74) is -0.891. The first-order chi connectivity index (χ1) is 15.5. The maximum Gasteiger partial charge on any atom is 0.343 e. The van der Waals surface area contributed by atoms with E-state index in [1.54, 1.807) is 0 Å². The van der Waals surface area contributed by atoms with Gasteiger partial charge in [-0.1, -0.05) is 61.4 Å². The molecule has 5 nitrogen and oxygen atoms in total. The van der Waals surface area contributed by atoms with Crippen LogP contribution in [0.1, 0.15) is 44.1 Å². The normalized spacial score (nSPS) is 24.6. The summed E-state index contributed by atoms with van der Waals surface area (Å²) < 4.78 is 12.7. The van der Waals surface area contributed by atoms with Crippen molar-refractivity contribution >= 4 is 5.97 Å². The fourth-order valence-electron chi connectivity index (χ4n) is 5.38. The van der Waals surface area contributed by atoms with E-state index in [9.17, 15) is 9.90 Å². The summed E-state index contributed by atoms with van der Waals surface area (Å²) in [4.78, 5) is 13.3. The van der Waals surface area contributed by atoms with Gasteiger partial charge < -0.3 is 36.0 Å². The molecule has 1 unspecified atom stereocenters. The third kappa shape index (κ3) is 6.17. The minimum atomic E-state index is -1.55. The molecule has 1 saturated heterocycles. The molecule has 2 aliphatic rings. The number of likely N-dealkylation sites (N-methyl/N-ethyl adjacent to an activating group) is 1. The van der Waals surface area contributed by atoms with E-state index in [0.717, 1.165) is 68.4 Å². The fraction of sp³-hybridized carbons (Fsp3) is 0.519. The van der Waals surface area contributed by atoms with Crippen LogP contribution in [0.3, 0.4) is 0 Å². The Morgan fingerprint density at radius 1 is 1.03 bits per heavy atom. The molecule has 0 bridgehead atoms. The molecule has 180 valence electrons. The van der Waals surface area contributed by atoms with Crippen molar-refractivity contribution in [2.24, 2.45) is 5.92 Å². The predicted octanol–water partition coefficient (Wildman–Crippen LogP) is 1.30. The molecule has 4 rings (SSSR count). The monoisotopic (exact) mass is 517 g/mol. The van der Waals surface area contributed by atoms with E-state index < -0.39 is 11.6 Å². The Balaban J connectivity index is 0.00000306. The molecule has 0 aromatic heterocycles. The lowest BCUT2D eigenvalue weighted by Gasteiger charge is -2.33. The van der Waals surface area contributed by atoms with Gasteiger partial charge in [0, 0.05) is 18.8 Å². The molecule has 0 radical (unpaired) electrons. The summed E-state index contributed by atoms with van der Waals surface area (Å²) in [7, 11) is 2.22. The van der Waals surface area contributed by atoms with Crippen molar-refractivity contribution < 1.29 is 40.8 Å². The SMILES string of the molecule is C[N+]1(CCCOc2ccccc2)CC[C@H](OC(=O)[C@@](O)(c2ccccc2)C2CCCC2)C1.[Br-]. The van der Waals surface area contributed by atoms with Crippen molar-refractivity contribution in [1.29, 1.82) is 0 Å². The highest BCUT2D eigenvalue weighted by Crippen LogP contribution is 2.42. The Morgan fingerprint density at radius 3 is 2.33 bits per heavy atom. The van der Waals surface area contributed by atoms with Crippen LogP contribution in [0.4, 0.5) is 0 Å². The zero-order valence-corrected chi connectivity index (χ0v) is 21.1. The van der Waals surface area contributed by atoms with Crippen LogP contribution in [0.15, 0.2) is 60.7 Å². The second-order valence-electron chi connectivity index (χ2n) is 9.69. The quantitative estimate of drug-likeness (QED) is 0.309. The molecule has 1 aliphatic heterocycles. The van der Waals surface area contributed by atoms with Crippen molar-refractivity contribution in [3.05, 3.63) is 66.2 Å². The number of aliphatic hydroxyl groups is 1. The van der Waals surface area contributed by atoms with Crippen LogP contribution in [0, 0.1) is 5.92 Å². The van der Waals surface area contributed by atoms with E-state index >= 15 is 0 Å². The highest BCUT2D eigenvalue weighted by molar-refractivity contribution is 5.81. The Morgan fingerprint density at radius 2 is 1.67 bits per heavy atom. The topological polar surface area (TPSA) is 55.8 Å². The first-order valence-electron chi connectivity index (χ1n) is 12.0. The van der Waals surface area contributed by atoms with Crippen LogP contribution in [-0.2, 0) is 15.1 Å². The van der Waals surface area contributed by atoms with Gasteiger partial charge in [0.05, 0.1) is 26.7 Å². The average molecular weight is 518 g/mol. The van der Waals surface area contributed by atoms with Crippen LogP contribution in [0.25, 0.3) is 0 Å². The molecule has 1 heterocycles. The molecule has 2 fully saturated rings. The third-order valence-electron chi connectivity index (χ3n) is 7.23. The molecule has 1 N–H and O–H groups in total. The minimum Gasteiger partial charge on any atom is -1.00 e. The zero-order valence-electron chi connectivity index (χ0n) is 19.5. The van der Waals surface area contributed by atoms with Crippen molar-refractivity contribution in [1.82, 2.24) is 0 Å². The summed E-state index contributed by atoms with van der Waals surface area (Å²) in [5, 5.41) is 11.6. The Hall–Kier alpha value is -1.89. The van der Waals surface area contributed by atoms with Gasteiger partial charge in [-0.3, -0.25) is 0 Å². The first kappa shape index (κ1) is 25.7. The Bertz CT molecular complexity index is 874. The molecule has 6 heteroatoms. The van der Waals surface area contributed by atoms with Gasteiger partial charge in [0.1, 0.15) is 12.3 Å². The summed E-state index contributed by atoms with van der Waals surface area (Å²) in [6.07, 6.45) is 5.45. The van der Waals surface area contributed by atoms with Crippen LogP contribution >= 0.6 is 0 Å². The molecular formula is C27H36BrNO4. The fourth-order valence-corrected chi connectivity index (χ4v) is 5.38. The maximum absolute atomic E-state index is 13.3. The van der Waals surface area contributed by atoms with Crippen LogP contribution in [-0.4, -0.2) is 55.0 Å². The van der Waals surface area contributed by atoms with E-state index in [-0.39, 0.29) is 29.0 Å². The molecule has 2 aromatic rings. The van der Waals surface area contributed by atoms with Gasteiger partial charge >= 0.3 is 5.97 Å². The highest BCUT2D eigenvalue weighted by Gasteiger charge is 2.49. The lowest BCUT2D eigenvalue weighted by atomic mass is 9.80. The predicted molar refractivity (Wildman–Crippen MR) is 124 cm³/mol. The number of carbonyl (C=O) groups is 1. The summed E-state index contributed by atoms with van der Waals surface area (Å²) >= 11 is 0. The number of nitrogens with zero attached hydrogens (tertiary/aromatic N) is 1. The number of carbonyl (C=O) groups excluding carboxylic acids is 1. The summed E-state index contributed by atoms with van der Waals surface area (Å²) in [6.45, 7) is 3.41. The molecule has 2 aromatic carbocycles. The van der Waals surface area contributed by atoms with Gasteiger partial charge in [0.25, 0.3) is 0 Å². The molecule has 3 atom stereocenters. The molecule has 1 saturated carbocycles. The first-order valence-corrected chi connectivity index (χ1v) is 12.0. The smallest absolute Gasteiger partial charge is 0.343 e. The number of quaternary nitrogens is 1. The largest absolute Gasteiger partial charge is 1.00 e. The molecule has 33 heavy (non-hydrogen) atoms. The van der Waals surface area contributed by atoms with Crippen LogP contribution < -0.4 is 21.7 Å². The average Bonchev–Trinajstić information content (AvgIpc) is 3.48. The number of halogens is 1. The zero-order chi connectivity index (χ0) is 22.4. The Kier molecular flexibility index (Phi) is 8.96. The third-order valence-corrected chi connectivity index (χ3v) is 7.23. The van der Waals surface area contributed by atoms with Gasteiger partial charge in [-0.05, 0) is 30.5 Å². The van der Waals surface area contributed by atoms with Gasteiger partial charge in [-0.25, -0.2) is 4.79 Å². The van der Waals surface area contributed by atoms with Crippen LogP contribution in [0.5, 0.6) is 5.75 Å².